The molecule has 0 aliphatic heterocycles. The van der Waals surface area contributed by atoms with E-state index in [1.165, 1.54) is 16.7 Å². The molecule has 1 saturated carbocycles. The topological polar surface area (TPSA) is 37.3 Å². The van der Waals surface area contributed by atoms with E-state index < -0.39 is 0 Å². The molecule has 0 bridgehead atoms. The molecule has 1 fully saturated rings. The minimum atomic E-state index is 0.135. The minimum absolute atomic E-state index is 0.135. The van der Waals surface area contributed by atoms with E-state index in [1.807, 2.05) is 6.07 Å². The molecule has 1 spiro atoms. The third kappa shape index (κ3) is 1.46. The molecule has 2 atom stereocenters. The Morgan fingerprint density at radius 1 is 1.21 bits per heavy atom. The van der Waals surface area contributed by atoms with Crippen LogP contribution in [0.5, 0.6) is 5.75 Å². The van der Waals surface area contributed by atoms with Crippen molar-refractivity contribution in [3.63, 3.8) is 0 Å². The fourth-order valence-corrected chi connectivity index (χ4v) is 4.56. The van der Waals surface area contributed by atoms with E-state index in [9.17, 15) is 9.90 Å². The number of ketones is 1. The van der Waals surface area contributed by atoms with Crippen LogP contribution in [0.15, 0.2) is 29.8 Å². The lowest BCUT2D eigenvalue weighted by Crippen LogP contribution is -2.31. The highest BCUT2D eigenvalue weighted by atomic mass is 16.3. The first kappa shape index (κ1) is 11.3. The molecule has 2 nitrogen and oxygen atoms in total. The molecule has 3 aliphatic carbocycles. The van der Waals surface area contributed by atoms with Gasteiger partial charge in [0.1, 0.15) is 11.5 Å². The second kappa shape index (κ2) is 3.72. The Balaban J connectivity index is 1.85. The summed E-state index contributed by atoms with van der Waals surface area (Å²) in [4.78, 5) is 11.8. The van der Waals surface area contributed by atoms with Crippen LogP contribution in [0.1, 0.15) is 43.2 Å². The van der Waals surface area contributed by atoms with Crippen molar-refractivity contribution in [2.45, 2.75) is 43.9 Å². The second-order valence-corrected chi connectivity index (χ2v) is 6.28. The summed E-state index contributed by atoms with van der Waals surface area (Å²) in [6, 6.07) is 5.80. The van der Waals surface area contributed by atoms with Crippen LogP contribution in [0.25, 0.3) is 0 Å². The Labute approximate surface area is 113 Å². The predicted octanol–water partition coefficient (Wildman–Crippen LogP) is 3.28. The molecule has 0 saturated heterocycles. The van der Waals surface area contributed by atoms with Crippen LogP contribution in [-0.4, -0.2) is 10.9 Å². The van der Waals surface area contributed by atoms with Gasteiger partial charge in [-0.25, -0.2) is 0 Å². The molecular weight excluding hydrogens is 236 g/mol. The highest BCUT2D eigenvalue weighted by molar-refractivity contribution is 5.82. The lowest BCUT2D eigenvalue weighted by molar-refractivity contribution is -0.119. The van der Waals surface area contributed by atoms with Crippen LogP contribution < -0.4 is 0 Å². The minimum Gasteiger partial charge on any atom is -0.508 e. The van der Waals surface area contributed by atoms with Gasteiger partial charge >= 0.3 is 0 Å². The Hall–Kier alpha value is -1.57. The lowest BCUT2D eigenvalue weighted by atomic mass is 9.69. The standard InChI is InChI=1S/C17H18O2/c18-13-3-1-11-5-7-17(15(11)9-13)8-6-12-2-4-14(19)10-16(12)17/h1-3,9,16,18H,4-8,10H2. The fourth-order valence-electron chi connectivity index (χ4n) is 4.56. The Kier molecular flexibility index (Phi) is 2.21. The molecule has 2 unspecified atom stereocenters. The van der Waals surface area contributed by atoms with Crippen LogP contribution >= 0.6 is 0 Å². The maximum Gasteiger partial charge on any atom is 0.137 e. The quantitative estimate of drug-likeness (QED) is 0.721. The van der Waals surface area contributed by atoms with Gasteiger partial charge < -0.3 is 5.11 Å². The van der Waals surface area contributed by atoms with E-state index in [0.717, 1.165) is 25.7 Å². The predicted molar refractivity (Wildman–Crippen MR) is 73.2 cm³/mol. The van der Waals surface area contributed by atoms with Crippen LogP contribution in [0.3, 0.4) is 0 Å². The summed E-state index contributed by atoms with van der Waals surface area (Å²) in [5, 5.41) is 9.81. The highest BCUT2D eigenvalue weighted by Gasteiger charge is 2.51. The first-order chi connectivity index (χ1) is 9.19. The van der Waals surface area contributed by atoms with Gasteiger partial charge in [-0.1, -0.05) is 17.7 Å². The average molecular weight is 254 g/mol. The average Bonchev–Trinajstić information content (AvgIpc) is 2.94. The zero-order valence-corrected chi connectivity index (χ0v) is 11.0. The summed E-state index contributed by atoms with van der Waals surface area (Å²) in [6.45, 7) is 0. The molecular formula is C17H18O2. The van der Waals surface area contributed by atoms with Crippen molar-refractivity contribution in [2.24, 2.45) is 5.92 Å². The van der Waals surface area contributed by atoms with E-state index in [2.05, 4.69) is 12.1 Å². The fraction of sp³-hybridized carbons (Fsp3) is 0.471. The smallest absolute Gasteiger partial charge is 0.137 e. The number of phenols is 1. The molecule has 98 valence electrons. The van der Waals surface area contributed by atoms with Gasteiger partial charge in [0.05, 0.1) is 0 Å². The summed E-state index contributed by atoms with van der Waals surface area (Å²) in [7, 11) is 0. The van der Waals surface area contributed by atoms with E-state index in [-0.39, 0.29) is 5.41 Å². The normalized spacial score (nSPS) is 32.3. The van der Waals surface area contributed by atoms with Gasteiger partial charge in [-0.2, -0.15) is 0 Å². The van der Waals surface area contributed by atoms with Crippen molar-refractivity contribution in [1.82, 2.24) is 0 Å². The third-order valence-electron chi connectivity index (χ3n) is 5.47. The highest BCUT2D eigenvalue weighted by Crippen LogP contribution is 2.58. The monoisotopic (exact) mass is 254 g/mol. The number of aromatic hydroxyl groups is 1. The van der Waals surface area contributed by atoms with E-state index in [1.54, 1.807) is 6.07 Å². The van der Waals surface area contributed by atoms with Gasteiger partial charge in [-0.3, -0.25) is 4.79 Å². The van der Waals surface area contributed by atoms with Crippen molar-refractivity contribution in [3.05, 3.63) is 41.0 Å². The number of carbonyl (C=O) groups excluding carboxylic acids is 1. The number of benzene rings is 1. The molecule has 0 heterocycles. The largest absolute Gasteiger partial charge is 0.508 e. The number of hydrogen-bond acceptors (Lipinski definition) is 2. The van der Waals surface area contributed by atoms with Crippen LogP contribution in [0, 0.1) is 5.92 Å². The Morgan fingerprint density at radius 3 is 2.95 bits per heavy atom. The SMILES string of the molecule is O=C1CC=C2CCC3(CCc4ccc(O)cc43)C2C1. The van der Waals surface area contributed by atoms with Gasteiger partial charge in [-0.15, -0.1) is 0 Å². The molecule has 1 N–H and O–H groups in total. The first-order valence-corrected chi connectivity index (χ1v) is 7.22. The first-order valence-electron chi connectivity index (χ1n) is 7.22. The molecule has 0 aromatic heterocycles. The maximum atomic E-state index is 11.8. The number of aryl methyl sites for hydroxylation is 1. The number of Topliss-reactive ketones (excluding diaryl/α,β-unsaturated/α-hetero) is 1. The molecule has 0 radical (unpaired) electrons. The van der Waals surface area contributed by atoms with Gasteiger partial charge in [0, 0.05) is 18.3 Å². The van der Waals surface area contributed by atoms with Gasteiger partial charge in [0.15, 0.2) is 0 Å². The zero-order chi connectivity index (χ0) is 13.0. The summed E-state index contributed by atoms with van der Waals surface area (Å²) >= 11 is 0. The number of phenolic OH excluding ortho intramolecular Hbond substituents is 1. The van der Waals surface area contributed by atoms with E-state index >= 15 is 0 Å². The van der Waals surface area contributed by atoms with Crippen molar-refractivity contribution in [1.29, 1.82) is 0 Å². The molecule has 2 heteroatoms. The van der Waals surface area contributed by atoms with E-state index in [4.69, 9.17) is 0 Å². The summed E-state index contributed by atoms with van der Waals surface area (Å²) in [5.41, 5.74) is 4.32. The van der Waals surface area contributed by atoms with Crippen molar-refractivity contribution in [2.75, 3.05) is 0 Å². The molecule has 4 rings (SSSR count). The van der Waals surface area contributed by atoms with Crippen LogP contribution in [0.4, 0.5) is 0 Å². The Morgan fingerprint density at radius 2 is 2.05 bits per heavy atom. The molecule has 0 amide bonds. The maximum absolute atomic E-state index is 11.8. The van der Waals surface area contributed by atoms with E-state index in [0.29, 0.717) is 30.3 Å². The number of hydrogen-bond donors (Lipinski definition) is 1. The van der Waals surface area contributed by atoms with Gasteiger partial charge in [-0.05, 0) is 54.9 Å². The molecule has 1 aromatic rings. The lowest BCUT2D eigenvalue weighted by Gasteiger charge is -2.34. The van der Waals surface area contributed by atoms with Gasteiger partial charge in [0.25, 0.3) is 0 Å². The number of carbonyl (C=O) groups is 1. The molecule has 1 aromatic carbocycles. The van der Waals surface area contributed by atoms with Crippen LogP contribution in [0.2, 0.25) is 0 Å². The zero-order valence-electron chi connectivity index (χ0n) is 11.0. The molecule has 19 heavy (non-hydrogen) atoms. The number of allylic oxidation sites excluding steroid dienone is 2. The Bertz CT molecular complexity index is 599. The summed E-state index contributed by atoms with van der Waals surface area (Å²) < 4.78 is 0. The van der Waals surface area contributed by atoms with Crippen LogP contribution in [-0.2, 0) is 16.6 Å². The third-order valence-corrected chi connectivity index (χ3v) is 5.47. The second-order valence-electron chi connectivity index (χ2n) is 6.28. The summed E-state index contributed by atoms with van der Waals surface area (Å²) in [6.07, 6.45) is 8.02. The molecule has 3 aliphatic rings. The van der Waals surface area contributed by atoms with Crippen molar-refractivity contribution < 1.29 is 9.90 Å². The van der Waals surface area contributed by atoms with Gasteiger partial charge in [0.2, 0.25) is 0 Å². The van der Waals surface area contributed by atoms with Crippen molar-refractivity contribution in [3.8, 4) is 5.75 Å². The number of rotatable bonds is 0. The number of fused-ring (bicyclic) bond motifs is 4. The van der Waals surface area contributed by atoms with Crippen molar-refractivity contribution >= 4 is 5.78 Å². The summed E-state index contributed by atoms with van der Waals surface area (Å²) in [5.74, 6) is 1.14.